The lowest BCUT2D eigenvalue weighted by Gasteiger charge is -2.29. The van der Waals surface area contributed by atoms with E-state index in [0.717, 1.165) is 21.5 Å². The average Bonchev–Trinajstić information content (AvgIpc) is 2.90. The first-order valence-corrected chi connectivity index (χ1v) is 9.07. The molecule has 0 spiro atoms. The summed E-state index contributed by atoms with van der Waals surface area (Å²) in [6.07, 6.45) is 4.24. The van der Waals surface area contributed by atoms with Crippen LogP contribution in [0.25, 0.3) is 0 Å². The van der Waals surface area contributed by atoms with Crippen LogP contribution in [-0.4, -0.2) is 21.7 Å². The molecule has 2 atom stereocenters. The first-order chi connectivity index (χ1) is 9.28. The molecular formula is C13H15N3S3. The zero-order chi connectivity index (χ0) is 13.2. The third-order valence-corrected chi connectivity index (χ3v) is 6.67. The van der Waals surface area contributed by atoms with Gasteiger partial charge in [-0.05, 0) is 30.2 Å². The second-order valence-electron chi connectivity index (χ2n) is 4.46. The first-order valence-electron chi connectivity index (χ1n) is 6.15. The van der Waals surface area contributed by atoms with Gasteiger partial charge in [0.25, 0.3) is 0 Å². The van der Waals surface area contributed by atoms with Crippen LogP contribution in [0.1, 0.15) is 23.6 Å². The predicted octanol–water partition coefficient (Wildman–Crippen LogP) is 3.37. The van der Waals surface area contributed by atoms with Gasteiger partial charge in [0.05, 0.1) is 0 Å². The molecule has 1 aliphatic rings. The molecule has 0 saturated carbocycles. The summed E-state index contributed by atoms with van der Waals surface area (Å²) in [4.78, 5) is 0. The molecule has 2 aromatic rings. The number of nitrogens with zero attached hydrogens (tertiary/aromatic N) is 2. The fraction of sp³-hybridized carbons (Fsp3) is 0.385. The molecule has 6 heteroatoms. The summed E-state index contributed by atoms with van der Waals surface area (Å²) in [6, 6.07) is 8.60. The molecule has 19 heavy (non-hydrogen) atoms. The molecule has 1 aromatic heterocycles. The lowest BCUT2D eigenvalue weighted by atomic mass is 9.88. The van der Waals surface area contributed by atoms with Crippen molar-refractivity contribution >= 4 is 34.9 Å². The van der Waals surface area contributed by atoms with Crippen molar-refractivity contribution in [2.24, 2.45) is 5.73 Å². The molecule has 3 nitrogen and oxygen atoms in total. The Hall–Kier alpha value is -0.560. The van der Waals surface area contributed by atoms with Crippen LogP contribution in [-0.2, 0) is 6.42 Å². The predicted molar refractivity (Wildman–Crippen MR) is 83.0 cm³/mol. The van der Waals surface area contributed by atoms with Gasteiger partial charge in [-0.3, -0.25) is 0 Å². The maximum absolute atomic E-state index is 6.41. The number of hydrogen-bond acceptors (Lipinski definition) is 6. The number of hydrogen-bond donors (Lipinski definition) is 1. The molecule has 0 radical (unpaired) electrons. The quantitative estimate of drug-likeness (QED) is 0.881. The zero-order valence-corrected chi connectivity index (χ0v) is 13.0. The monoisotopic (exact) mass is 309 g/mol. The Kier molecular flexibility index (Phi) is 4.12. The third kappa shape index (κ3) is 2.81. The summed E-state index contributed by atoms with van der Waals surface area (Å²) in [5.41, 5.74) is 9.10. The maximum Gasteiger partial charge on any atom is 0.175 e. The molecule has 1 aromatic carbocycles. The smallest absolute Gasteiger partial charge is 0.175 e. The summed E-state index contributed by atoms with van der Waals surface area (Å²) < 4.78 is 2.05. The fourth-order valence-corrected chi connectivity index (χ4v) is 5.19. The van der Waals surface area contributed by atoms with Crippen molar-refractivity contribution in [3.05, 3.63) is 35.4 Å². The second kappa shape index (κ2) is 5.83. The molecular weight excluding hydrogens is 294 g/mol. The molecule has 0 saturated heterocycles. The van der Waals surface area contributed by atoms with Gasteiger partial charge in [-0.15, -0.1) is 10.2 Å². The van der Waals surface area contributed by atoms with E-state index in [1.54, 1.807) is 34.9 Å². The van der Waals surface area contributed by atoms with Gasteiger partial charge in [-0.25, -0.2) is 0 Å². The minimum absolute atomic E-state index is 0.0941. The average molecular weight is 309 g/mol. The van der Waals surface area contributed by atoms with Gasteiger partial charge in [-0.2, -0.15) is 0 Å². The molecule has 0 bridgehead atoms. The van der Waals surface area contributed by atoms with Crippen LogP contribution >= 0.6 is 34.9 Å². The van der Waals surface area contributed by atoms with Crippen LogP contribution in [0.15, 0.2) is 32.9 Å². The van der Waals surface area contributed by atoms with Gasteiger partial charge in [0.2, 0.25) is 0 Å². The molecule has 0 amide bonds. The Labute approximate surface area is 125 Å². The van der Waals surface area contributed by atoms with Crippen molar-refractivity contribution in [1.82, 2.24) is 10.2 Å². The largest absolute Gasteiger partial charge is 0.323 e. The Balaban J connectivity index is 1.76. The molecule has 2 N–H and O–H groups in total. The topological polar surface area (TPSA) is 51.8 Å². The van der Waals surface area contributed by atoms with Crippen LogP contribution in [0, 0.1) is 0 Å². The summed E-state index contributed by atoms with van der Waals surface area (Å²) in [6.45, 7) is 0. The number of benzene rings is 1. The summed E-state index contributed by atoms with van der Waals surface area (Å²) in [5, 5.41) is 8.77. The minimum Gasteiger partial charge on any atom is -0.323 e. The van der Waals surface area contributed by atoms with Gasteiger partial charge in [0.15, 0.2) is 8.68 Å². The zero-order valence-electron chi connectivity index (χ0n) is 10.6. The summed E-state index contributed by atoms with van der Waals surface area (Å²) in [5.74, 6) is 0. The Morgan fingerprint density at radius 3 is 2.84 bits per heavy atom. The molecule has 3 rings (SSSR count). The highest BCUT2D eigenvalue weighted by molar-refractivity contribution is 8.03. The SMILES string of the molecule is CSc1nnc(SC2CCc3ccccc3C2N)s1. The lowest BCUT2D eigenvalue weighted by molar-refractivity contribution is 0.586. The van der Waals surface area contributed by atoms with Crippen molar-refractivity contribution in [2.75, 3.05) is 6.26 Å². The van der Waals surface area contributed by atoms with Gasteiger partial charge >= 0.3 is 0 Å². The van der Waals surface area contributed by atoms with Crippen LogP contribution in [0.4, 0.5) is 0 Å². The van der Waals surface area contributed by atoms with E-state index in [4.69, 9.17) is 5.73 Å². The highest BCUT2D eigenvalue weighted by atomic mass is 32.2. The van der Waals surface area contributed by atoms with Crippen molar-refractivity contribution in [3.8, 4) is 0 Å². The van der Waals surface area contributed by atoms with Gasteiger partial charge in [0, 0.05) is 11.3 Å². The van der Waals surface area contributed by atoms with Gasteiger partial charge in [0.1, 0.15) is 0 Å². The molecule has 1 aliphatic carbocycles. The van der Waals surface area contributed by atoms with E-state index in [9.17, 15) is 0 Å². The number of nitrogens with two attached hydrogens (primary N) is 1. The minimum atomic E-state index is 0.0941. The van der Waals surface area contributed by atoms with E-state index in [1.165, 1.54) is 11.1 Å². The number of thioether (sulfide) groups is 2. The van der Waals surface area contributed by atoms with Crippen molar-refractivity contribution < 1.29 is 0 Å². The Morgan fingerprint density at radius 2 is 2.05 bits per heavy atom. The summed E-state index contributed by atoms with van der Waals surface area (Å²) in [7, 11) is 0. The van der Waals surface area contributed by atoms with E-state index in [2.05, 4.69) is 34.5 Å². The standard InChI is InChI=1S/C13H15N3S3/c1-17-12-15-16-13(19-12)18-10-7-6-8-4-2-3-5-9(8)11(10)14/h2-5,10-11H,6-7,14H2,1H3. The number of fused-ring (bicyclic) bond motifs is 1. The van der Waals surface area contributed by atoms with E-state index >= 15 is 0 Å². The van der Waals surface area contributed by atoms with Crippen LogP contribution in [0.5, 0.6) is 0 Å². The van der Waals surface area contributed by atoms with Gasteiger partial charge < -0.3 is 5.73 Å². The fourth-order valence-electron chi connectivity index (χ4n) is 2.35. The van der Waals surface area contributed by atoms with E-state index in [-0.39, 0.29) is 6.04 Å². The van der Waals surface area contributed by atoms with Crippen molar-refractivity contribution in [3.63, 3.8) is 0 Å². The number of aryl methyl sites for hydroxylation is 1. The lowest BCUT2D eigenvalue weighted by Crippen LogP contribution is -2.29. The van der Waals surface area contributed by atoms with Gasteiger partial charge in [-0.1, -0.05) is 59.1 Å². The third-order valence-electron chi connectivity index (χ3n) is 3.33. The van der Waals surface area contributed by atoms with E-state index < -0.39 is 0 Å². The van der Waals surface area contributed by atoms with Crippen LogP contribution in [0.2, 0.25) is 0 Å². The van der Waals surface area contributed by atoms with Crippen LogP contribution in [0.3, 0.4) is 0 Å². The maximum atomic E-state index is 6.41. The first kappa shape index (κ1) is 13.4. The normalized spacial score (nSPS) is 22.2. The molecule has 100 valence electrons. The van der Waals surface area contributed by atoms with Crippen LogP contribution < -0.4 is 5.73 Å². The highest BCUT2D eigenvalue weighted by Crippen LogP contribution is 2.40. The van der Waals surface area contributed by atoms with Crippen molar-refractivity contribution in [2.45, 2.75) is 32.8 Å². The summed E-state index contributed by atoms with van der Waals surface area (Å²) >= 11 is 5.08. The van der Waals surface area contributed by atoms with E-state index in [0.29, 0.717) is 5.25 Å². The van der Waals surface area contributed by atoms with Crippen molar-refractivity contribution in [1.29, 1.82) is 0 Å². The Bertz CT molecular complexity index is 570. The van der Waals surface area contributed by atoms with E-state index in [1.807, 2.05) is 6.26 Å². The molecule has 0 fully saturated rings. The highest BCUT2D eigenvalue weighted by Gasteiger charge is 2.28. The number of aromatic nitrogens is 2. The molecule has 1 heterocycles. The number of rotatable bonds is 3. The molecule has 0 aliphatic heterocycles. The Morgan fingerprint density at radius 1 is 1.26 bits per heavy atom. The second-order valence-corrected chi connectivity index (χ2v) is 7.97. The molecule has 2 unspecified atom stereocenters.